The number of para-hydroxylation sites is 1. The summed E-state index contributed by atoms with van der Waals surface area (Å²) in [6, 6.07) is 55.6. The standard InChI is InChI=1S/C93H115N3S/c1-9-13-17-21-25-30-36-67-55-75-59-72(62-84-68(37-31-26-22-18-14-10-2)54-73-52-65(6)53-82(67)87(73)89(75)84)81-50-51-86(92-91(81)94-97-95-92)93(7,8)77-60-76-57-69(38-32-27-23-19-15-11-3)83-61-71(58-74-56-70(39-33-28-24-20-16-12-4)85(63-77)90(76)88(74)83)66-44-48-80(49-45-66)96(78-40-34-29-35-41-78)79-46-42-64(5)43-47-79/h29,34-35,40-53,58-63,67-70H,9-28,30-33,36-39,54-57H2,1-8H3. The maximum absolute atomic E-state index is 5.37. The van der Waals surface area contributed by atoms with Gasteiger partial charge in [-0.3, -0.25) is 0 Å². The van der Waals surface area contributed by atoms with Crippen LogP contribution in [0.5, 0.6) is 0 Å². The van der Waals surface area contributed by atoms with Crippen molar-refractivity contribution in [3.63, 3.8) is 0 Å². The lowest BCUT2D eigenvalue weighted by Gasteiger charge is -2.39. The number of anilines is 3. The summed E-state index contributed by atoms with van der Waals surface area (Å²) in [5.74, 6) is 2.04. The average Bonchev–Trinajstić information content (AvgIpc) is 1.04. The second kappa shape index (κ2) is 32.1. The van der Waals surface area contributed by atoms with E-state index in [1.54, 1.807) is 66.8 Å². The van der Waals surface area contributed by atoms with Crippen LogP contribution in [0.2, 0.25) is 0 Å². The van der Waals surface area contributed by atoms with Crippen molar-refractivity contribution in [3.8, 4) is 44.5 Å². The first kappa shape index (κ1) is 68.9. The Morgan fingerprint density at radius 3 is 1.27 bits per heavy atom. The Labute approximate surface area is 590 Å². The summed E-state index contributed by atoms with van der Waals surface area (Å²) in [6.07, 6.45) is 41.5. The monoisotopic (exact) mass is 1310 g/mol. The minimum atomic E-state index is -0.310. The highest BCUT2D eigenvalue weighted by atomic mass is 32.1. The molecular formula is C93H115N3S. The van der Waals surface area contributed by atoms with E-state index in [9.17, 15) is 0 Å². The molecule has 4 heteroatoms. The molecule has 1 aromatic heterocycles. The average molecular weight is 1310 g/mol. The number of hydrogen-bond donors (Lipinski definition) is 0. The van der Waals surface area contributed by atoms with Crippen molar-refractivity contribution in [2.24, 2.45) is 0 Å². The fraction of sp³-hybridized carbons (Fsp3) is 0.484. The molecule has 9 aromatic rings. The molecule has 4 aliphatic carbocycles. The Kier molecular flexibility index (Phi) is 22.8. The summed E-state index contributed by atoms with van der Waals surface area (Å²) in [7, 11) is 0. The van der Waals surface area contributed by atoms with Gasteiger partial charge >= 0.3 is 0 Å². The van der Waals surface area contributed by atoms with Gasteiger partial charge in [0.2, 0.25) is 0 Å². The summed E-state index contributed by atoms with van der Waals surface area (Å²) in [5.41, 5.74) is 35.5. The Morgan fingerprint density at radius 1 is 0.361 bits per heavy atom. The van der Waals surface area contributed by atoms with E-state index in [0.717, 1.165) is 36.7 Å². The molecule has 0 fully saturated rings. The highest BCUT2D eigenvalue weighted by Gasteiger charge is 2.40. The molecule has 0 amide bonds. The molecule has 508 valence electrons. The summed E-state index contributed by atoms with van der Waals surface area (Å²) < 4.78 is 10.7. The predicted octanol–water partition coefficient (Wildman–Crippen LogP) is 28.3. The third-order valence-corrected chi connectivity index (χ3v) is 24.3. The fourth-order valence-electron chi connectivity index (χ4n) is 18.4. The van der Waals surface area contributed by atoms with Crippen LogP contribution in [0.25, 0.3) is 55.5 Å². The number of benzene rings is 8. The van der Waals surface area contributed by atoms with Crippen molar-refractivity contribution < 1.29 is 0 Å². The van der Waals surface area contributed by atoms with E-state index in [4.69, 9.17) is 8.75 Å². The largest absolute Gasteiger partial charge is 0.311 e. The molecule has 0 bridgehead atoms. The van der Waals surface area contributed by atoms with Crippen molar-refractivity contribution in [2.75, 3.05) is 4.90 Å². The molecule has 0 radical (unpaired) electrons. The third kappa shape index (κ3) is 15.1. The minimum absolute atomic E-state index is 0.310. The smallest absolute Gasteiger partial charge is 0.112 e. The van der Waals surface area contributed by atoms with Gasteiger partial charge in [-0.15, -0.1) is 0 Å². The van der Waals surface area contributed by atoms with Crippen molar-refractivity contribution in [1.82, 2.24) is 8.75 Å². The van der Waals surface area contributed by atoms with Crippen LogP contribution in [0.3, 0.4) is 0 Å². The molecule has 1 heterocycles. The summed E-state index contributed by atoms with van der Waals surface area (Å²) in [6.45, 7) is 18.9. The molecule has 4 unspecified atom stereocenters. The van der Waals surface area contributed by atoms with Gasteiger partial charge in [0.1, 0.15) is 11.0 Å². The second-order valence-electron chi connectivity index (χ2n) is 31.3. The molecule has 0 aliphatic heterocycles. The van der Waals surface area contributed by atoms with Crippen LogP contribution in [-0.4, -0.2) is 8.75 Å². The van der Waals surface area contributed by atoms with Crippen molar-refractivity contribution >= 4 is 39.8 Å². The highest BCUT2D eigenvalue weighted by molar-refractivity contribution is 7.00. The molecule has 13 rings (SSSR count). The molecule has 0 saturated carbocycles. The van der Waals surface area contributed by atoms with Gasteiger partial charge < -0.3 is 4.90 Å². The lowest BCUT2D eigenvalue weighted by molar-refractivity contribution is 0.519. The van der Waals surface area contributed by atoms with Crippen LogP contribution in [0, 0.1) is 13.8 Å². The summed E-state index contributed by atoms with van der Waals surface area (Å²) in [5, 5.41) is 0. The van der Waals surface area contributed by atoms with Gasteiger partial charge in [-0.1, -0.05) is 310 Å². The topological polar surface area (TPSA) is 29.0 Å². The summed E-state index contributed by atoms with van der Waals surface area (Å²) in [4.78, 5) is 2.40. The lowest BCUT2D eigenvalue weighted by atomic mass is 9.64. The van der Waals surface area contributed by atoms with Gasteiger partial charge in [-0.05, 0) is 220 Å². The van der Waals surface area contributed by atoms with Crippen LogP contribution in [0.1, 0.15) is 312 Å². The molecule has 0 saturated heterocycles. The molecule has 0 spiro atoms. The highest BCUT2D eigenvalue weighted by Crippen LogP contribution is 2.57. The first-order valence-electron chi connectivity index (χ1n) is 39.5. The first-order chi connectivity index (χ1) is 47.5. The van der Waals surface area contributed by atoms with E-state index in [0.29, 0.717) is 23.7 Å². The SMILES string of the molecule is CCCCCCCCC1Cc2cc(-c3ccc(C(C)(C)c4cc5c6c(c4)C(CCCCCCCC)Cc4cc(-c7ccc(N(c8ccccc8)c8ccc(C)cc8)cc7)cc(c4-6)C(CCCCCCCC)C5)c4nsnc34)cc3c2-c2c(cc(C)cc21)CC3CCCCCCCC. The Hall–Kier alpha value is -6.62. The van der Waals surface area contributed by atoms with Gasteiger partial charge in [-0.2, -0.15) is 8.75 Å². The van der Waals surface area contributed by atoms with Gasteiger partial charge in [0, 0.05) is 28.0 Å². The number of fused-ring (bicyclic) bond motifs is 1. The van der Waals surface area contributed by atoms with Crippen LogP contribution < -0.4 is 4.90 Å². The van der Waals surface area contributed by atoms with Gasteiger partial charge in [0.05, 0.1) is 11.7 Å². The molecule has 8 aromatic carbocycles. The molecule has 3 nitrogen and oxygen atoms in total. The normalized spacial score (nSPS) is 16.6. The van der Waals surface area contributed by atoms with Gasteiger partial charge in [-0.25, -0.2) is 0 Å². The van der Waals surface area contributed by atoms with E-state index < -0.39 is 0 Å². The fourth-order valence-corrected chi connectivity index (χ4v) is 19.0. The van der Waals surface area contributed by atoms with Crippen LogP contribution >= 0.6 is 11.7 Å². The number of aryl methyl sites for hydroxylation is 2. The van der Waals surface area contributed by atoms with Crippen LogP contribution in [0.15, 0.2) is 140 Å². The molecule has 4 aliphatic rings. The zero-order valence-corrected chi connectivity index (χ0v) is 61.8. The number of hydrogen-bond acceptors (Lipinski definition) is 4. The molecule has 97 heavy (non-hydrogen) atoms. The van der Waals surface area contributed by atoms with E-state index in [-0.39, 0.29) is 5.41 Å². The quantitative estimate of drug-likeness (QED) is 0.0371. The van der Waals surface area contributed by atoms with E-state index in [2.05, 4.69) is 200 Å². The minimum Gasteiger partial charge on any atom is -0.311 e. The maximum Gasteiger partial charge on any atom is 0.112 e. The Balaban J connectivity index is 0.873. The number of nitrogens with zero attached hydrogens (tertiary/aromatic N) is 3. The second-order valence-corrected chi connectivity index (χ2v) is 31.8. The zero-order valence-electron chi connectivity index (χ0n) is 61.0. The number of rotatable bonds is 35. The van der Waals surface area contributed by atoms with E-state index in [1.807, 2.05) is 0 Å². The van der Waals surface area contributed by atoms with E-state index in [1.165, 1.54) is 253 Å². The molecule has 4 atom stereocenters. The lowest BCUT2D eigenvalue weighted by Crippen LogP contribution is -2.25. The number of unbranched alkanes of at least 4 members (excludes halogenated alkanes) is 20. The van der Waals surface area contributed by atoms with Gasteiger partial charge in [0.15, 0.2) is 0 Å². The Morgan fingerprint density at radius 2 is 0.763 bits per heavy atom. The first-order valence-corrected chi connectivity index (χ1v) is 40.2. The molecular weight excluding hydrogens is 1190 g/mol. The van der Waals surface area contributed by atoms with E-state index >= 15 is 0 Å². The number of aromatic nitrogens is 2. The van der Waals surface area contributed by atoms with Crippen molar-refractivity contribution in [1.29, 1.82) is 0 Å². The van der Waals surface area contributed by atoms with Crippen molar-refractivity contribution in [3.05, 3.63) is 206 Å². The predicted molar refractivity (Wildman–Crippen MR) is 420 cm³/mol. The maximum atomic E-state index is 5.37. The third-order valence-electron chi connectivity index (χ3n) is 23.8. The van der Waals surface area contributed by atoms with Crippen LogP contribution in [-0.2, 0) is 31.1 Å². The van der Waals surface area contributed by atoms with Gasteiger partial charge in [0.25, 0.3) is 0 Å². The zero-order chi connectivity index (χ0) is 66.8. The van der Waals surface area contributed by atoms with Crippen LogP contribution in [0.4, 0.5) is 17.1 Å². The molecule has 0 N–H and O–H groups in total. The Bertz CT molecular complexity index is 4090. The summed E-state index contributed by atoms with van der Waals surface area (Å²) >= 11 is 1.42. The van der Waals surface area contributed by atoms with Crippen molar-refractivity contribution in [2.45, 2.75) is 290 Å².